The second kappa shape index (κ2) is 9.07. The molecule has 0 aliphatic heterocycles. The van der Waals surface area contributed by atoms with E-state index in [0.717, 1.165) is 30.0 Å². The third kappa shape index (κ3) is 4.75. The van der Waals surface area contributed by atoms with E-state index in [0.29, 0.717) is 16.9 Å². The van der Waals surface area contributed by atoms with Gasteiger partial charge in [0.25, 0.3) is 10.0 Å². The summed E-state index contributed by atoms with van der Waals surface area (Å²) in [7, 11) is -2.23. The van der Waals surface area contributed by atoms with Crippen molar-refractivity contribution in [1.82, 2.24) is 19.7 Å². The molecule has 4 aromatic rings. The molecule has 9 nitrogen and oxygen atoms in total. The minimum Gasteiger partial charge on any atom is -0.372 e. The predicted molar refractivity (Wildman–Crippen MR) is 132 cm³/mol. The van der Waals surface area contributed by atoms with Gasteiger partial charge in [-0.25, -0.2) is 18.4 Å². The molecule has 0 saturated heterocycles. The van der Waals surface area contributed by atoms with Crippen molar-refractivity contribution in [2.75, 3.05) is 28.0 Å². The molecule has 0 atom stereocenters. The van der Waals surface area contributed by atoms with E-state index in [-0.39, 0.29) is 10.7 Å². The largest absolute Gasteiger partial charge is 0.372 e. The lowest BCUT2D eigenvalue weighted by molar-refractivity contribution is 0.601. The van der Waals surface area contributed by atoms with E-state index < -0.39 is 10.0 Å². The number of para-hydroxylation sites is 2. The summed E-state index contributed by atoms with van der Waals surface area (Å²) >= 11 is 0. The molecule has 0 bridgehead atoms. The zero-order valence-corrected chi connectivity index (χ0v) is 19.9. The van der Waals surface area contributed by atoms with Gasteiger partial charge >= 0.3 is 0 Å². The van der Waals surface area contributed by atoms with Gasteiger partial charge in [-0.15, -0.1) is 0 Å². The molecule has 0 amide bonds. The molecule has 172 valence electrons. The first-order valence-electron chi connectivity index (χ1n) is 10.7. The Morgan fingerprint density at radius 1 is 1.00 bits per heavy atom. The Hall–Kier alpha value is -3.66. The Morgan fingerprint density at radius 3 is 2.24 bits per heavy atom. The molecular weight excluding hydrogens is 438 g/mol. The number of hydrogen-bond acceptors (Lipinski definition) is 7. The average molecular weight is 466 g/mol. The summed E-state index contributed by atoms with van der Waals surface area (Å²) in [6.45, 7) is 8.08. The Balaban J connectivity index is 1.74. The van der Waals surface area contributed by atoms with Gasteiger partial charge in [0.05, 0.1) is 17.2 Å². The van der Waals surface area contributed by atoms with E-state index in [1.807, 2.05) is 37.3 Å². The van der Waals surface area contributed by atoms with Gasteiger partial charge in [0.1, 0.15) is 4.90 Å². The zero-order valence-electron chi connectivity index (χ0n) is 19.1. The molecule has 4 rings (SSSR count). The molecule has 0 fully saturated rings. The lowest BCUT2D eigenvalue weighted by Gasteiger charge is -2.22. The summed E-state index contributed by atoms with van der Waals surface area (Å²) in [6.07, 6.45) is 2.72. The highest BCUT2D eigenvalue weighted by Crippen LogP contribution is 2.30. The fourth-order valence-electron chi connectivity index (χ4n) is 3.58. The second-order valence-corrected chi connectivity index (χ2v) is 9.34. The van der Waals surface area contributed by atoms with Gasteiger partial charge in [0, 0.05) is 37.7 Å². The minimum absolute atomic E-state index is 0.0469. The molecule has 0 aliphatic rings. The summed E-state index contributed by atoms with van der Waals surface area (Å²) < 4.78 is 29.9. The number of aryl methyl sites for hydroxylation is 2. The number of anilines is 4. The van der Waals surface area contributed by atoms with Gasteiger partial charge in [-0.3, -0.25) is 9.40 Å². The highest BCUT2D eigenvalue weighted by Gasteiger charge is 2.21. The van der Waals surface area contributed by atoms with Crippen LogP contribution in [0.1, 0.15) is 19.4 Å². The van der Waals surface area contributed by atoms with Crippen molar-refractivity contribution in [3.8, 4) is 0 Å². The van der Waals surface area contributed by atoms with E-state index in [1.165, 1.54) is 17.1 Å². The van der Waals surface area contributed by atoms with Crippen LogP contribution < -0.4 is 14.9 Å². The summed E-state index contributed by atoms with van der Waals surface area (Å²) in [5, 5.41) is 7.23. The number of aromatic nitrogens is 4. The van der Waals surface area contributed by atoms with Crippen molar-refractivity contribution in [3.63, 3.8) is 0 Å². The Labute approximate surface area is 193 Å². The molecule has 2 aromatic carbocycles. The van der Waals surface area contributed by atoms with Crippen LogP contribution in [0.3, 0.4) is 0 Å². The van der Waals surface area contributed by atoms with Crippen molar-refractivity contribution >= 4 is 44.1 Å². The first kappa shape index (κ1) is 22.5. The molecule has 10 heteroatoms. The summed E-state index contributed by atoms with van der Waals surface area (Å²) in [6, 6.07) is 13.4. The smallest absolute Gasteiger partial charge is 0.266 e. The lowest BCUT2D eigenvalue weighted by atomic mass is 10.1. The van der Waals surface area contributed by atoms with E-state index >= 15 is 0 Å². The number of sulfonamides is 1. The Morgan fingerprint density at radius 2 is 1.67 bits per heavy atom. The quantitative estimate of drug-likeness (QED) is 0.404. The fraction of sp³-hybridized carbons (Fsp3) is 0.261. The summed E-state index contributed by atoms with van der Waals surface area (Å²) in [5.74, 6) is 0.435. The highest BCUT2D eigenvalue weighted by molar-refractivity contribution is 7.92. The van der Waals surface area contributed by atoms with Crippen LogP contribution in [0.15, 0.2) is 59.8 Å². The Bertz CT molecular complexity index is 1400. The van der Waals surface area contributed by atoms with Crippen LogP contribution in [0.25, 0.3) is 11.0 Å². The van der Waals surface area contributed by atoms with Crippen molar-refractivity contribution < 1.29 is 8.42 Å². The minimum atomic E-state index is -3.89. The van der Waals surface area contributed by atoms with Crippen molar-refractivity contribution in [3.05, 3.63) is 60.4 Å². The fourth-order valence-corrected chi connectivity index (χ4v) is 4.58. The normalized spacial score (nSPS) is 11.5. The maximum atomic E-state index is 12.9. The van der Waals surface area contributed by atoms with Crippen LogP contribution in [0, 0.1) is 6.92 Å². The molecule has 2 aromatic heterocycles. The first-order valence-corrected chi connectivity index (χ1v) is 12.2. The van der Waals surface area contributed by atoms with E-state index in [2.05, 4.69) is 49.9 Å². The van der Waals surface area contributed by atoms with E-state index in [1.54, 1.807) is 13.1 Å². The predicted octanol–water partition coefficient (Wildman–Crippen LogP) is 4.06. The molecule has 33 heavy (non-hydrogen) atoms. The van der Waals surface area contributed by atoms with Gasteiger partial charge in [-0.05, 0) is 56.7 Å². The van der Waals surface area contributed by atoms with Gasteiger partial charge in [0.2, 0.25) is 0 Å². The zero-order chi connectivity index (χ0) is 23.6. The van der Waals surface area contributed by atoms with E-state index in [9.17, 15) is 8.42 Å². The SMILES string of the molecule is CCN(CC)c1ccc(Nc2nc3ccccc3nc2NS(=O)(=O)c2cnn(C)c2)c(C)c1. The van der Waals surface area contributed by atoms with Gasteiger partial charge in [0.15, 0.2) is 11.6 Å². The van der Waals surface area contributed by atoms with Crippen LogP contribution in [-0.4, -0.2) is 41.3 Å². The molecule has 2 N–H and O–H groups in total. The van der Waals surface area contributed by atoms with Crippen LogP contribution in [0.5, 0.6) is 0 Å². The number of hydrogen-bond donors (Lipinski definition) is 2. The third-order valence-electron chi connectivity index (χ3n) is 5.38. The van der Waals surface area contributed by atoms with E-state index in [4.69, 9.17) is 0 Å². The first-order chi connectivity index (χ1) is 15.8. The number of nitrogens with zero attached hydrogens (tertiary/aromatic N) is 5. The van der Waals surface area contributed by atoms with Crippen molar-refractivity contribution in [2.24, 2.45) is 7.05 Å². The Kier molecular flexibility index (Phi) is 6.19. The topological polar surface area (TPSA) is 105 Å². The summed E-state index contributed by atoms with van der Waals surface area (Å²) in [4.78, 5) is 11.5. The lowest BCUT2D eigenvalue weighted by Crippen LogP contribution is -2.21. The molecule has 0 aliphatic carbocycles. The number of fused-ring (bicyclic) bond motifs is 1. The summed E-state index contributed by atoms with van der Waals surface area (Å²) in [5.41, 5.74) is 4.19. The van der Waals surface area contributed by atoms with Gasteiger partial charge in [-0.1, -0.05) is 12.1 Å². The second-order valence-electron chi connectivity index (χ2n) is 7.66. The molecule has 0 unspecified atom stereocenters. The molecule has 2 heterocycles. The molecule has 0 radical (unpaired) electrons. The van der Waals surface area contributed by atoms with Crippen LogP contribution in [-0.2, 0) is 17.1 Å². The number of nitrogens with one attached hydrogen (secondary N) is 2. The van der Waals surface area contributed by atoms with Crippen molar-refractivity contribution in [1.29, 1.82) is 0 Å². The number of rotatable bonds is 8. The maximum Gasteiger partial charge on any atom is 0.266 e. The van der Waals surface area contributed by atoms with Gasteiger partial charge < -0.3 is 10.2 Å². The van der Waals surface area contributed by atoms with Crippen LogP contribution in [0.2, 0.25) is 0 Å². The van der Waals surface area contributed by atoms with Crippen molar-refractivity contribution in [2.45, 2.75) is 25.7 Å². The maximum absolute atomic E-state index is 12.9. The monoisotopic (exact) mass is 465 g/mol. The number of benzene rings is 2. The van der Waals surface area contributed by atoms with Crippen LogP contribution >= 0.6 is 0 Å². The standard InChI is InChI=1S/C23H27N7O2S/c1-5-30(6-2)17-11-12-19(16(3)13-17)25-22-23(27-21-10-8-7-9-20(21)26-22)28-33(31,32)18-14-24-29(4)15-18/h7-15H,5-6H2,1-4H3,(H,25,26)(H,27,28). The van der Waals surface area contributed by atoms with Crippen LogP contribution in [0.4, 0.5) is 23.0 Å². The average Bonchev–Trinajstić information content (AvgIpc) is 3.24. The third-order valence-corrected chi connectivity index (χ3v) is 6.68. The van der Waals surface area contributed by atoms with Gasteiger partial charge in [-0.2, -0.15) is 5.10 Å². The highest BCUT2D eigenvalue weighted by atomic mass is 32.2. The molecule has 0 saturated carbocycles. The molecule has 0 spiro atoms. The molecular formula is C23H27N7O2S.